The number of carbonyl (C=O) groups excluding carboxylic acids is 1. The van der Waals surface area contributed by atoms with Crippen LogP contribution in [0.5, 0.6) is 0 Å². The molecule has 1 amide bonds. The number of aromatic nitrogens is 2. The predicted octanol–water partition coefficient (Wildman–Crippen LogP) is 2.63. The smallest absolute Gasteiger partial charge is 0.220 e. The summed E-state index contributed by atoms with van der Waals surface area (Å²) < 4.78 is 2.67. The van der Waals surface area contributed by atoms with E-state index in [0.29, 0.717) is 22.8 Å². The van der Waals surface area contributed by atoms with Gasteiger partial charge in [0.05, 0.1) is 11.0 Å². The van der Waals surface area contributed by atoms with E-state index < -0.39 is 0 Å². The van der Waals surface area contributed by atoms with E-state index in [1.165, 1.54) is 0 Å². The van der Waals surface area contributed by atoms with Gasteiger partial charge in [-0.05, 0) is 36.8 Å². The first-order chi connectivity index (χ1) is 8.63. The number of carbonyl (C=O) groups is 1. The van der Waals surface area contributed by atoms with Crippen LogP contribution in [0.4, 0.5) is 0 Å². The summed E-state index contributed by atoms with van der Waals surface area (Å²) in [5.74, 6) is 0.120. The summed E-state index contributed by atoms with van der Waals surface area (Å²) in [4.78, 5) is 14.3. The van der Waals surface area contributed by atoms with Crippen molar-refractivity contribution in [3.05, 3.63) is 28.0 Å². The third-order valence-corrected chi connectivity index (χ3v) is 3.78. The molecule has 0 saturated carbocycles. The van der Waals surface area contributed by atoms with Gasteiger partial charge in [-0.2, -0.15) is 0 Å². The standard InChI is InChI=1S/C12H12ClN3OS/c13-7-1-3-10-9(5-7)15-12(18)16(10)6-8-2-4-11(17)14-8/h1,3,5,8H,2,4,6H2,(H,14,17)(H,15,18). The largest absolute Gasteiger partial charge is 0.352 e. The molecule has 1 aliphatic heterocycles. The second-order valence-corrected chi connectivity index (χ2v) is 5.33. The predicted molar refractivity (Wildman–Crippen MR) is 73.3 cm³/mol. The second-order valence-electron chi connectivity index (χ2n) is 4.51. The van der Waals surface area contributed by atoms with Crippen molar-refractivity contribution in [1.82, 2.24) is 14.9 Å². The summed E-state index contributed by atoms with van der Waals surface area (Å²) in [6.45, 7) is 0.701. The molecule has 18 heavy (non-hydrogen) atoms. The van der Waals surface area contributed by atoms with Gasteiger partial charge in [0.1, 0.15) is 0 Å². The van der Waals surface area contributed by atoms with Crippen LogP contribution < -0.4 is 5.32 Å². The lowest BCUT2D eigenvalue weighted by Gasteiger charge is -2.11. The fourth-order valence-electron chi connectivity index (χ4n) is 2.35. The normalized spacial score (nSPS) is 19.4. The lowest BCUT2D eigenvalue weighted by molar-refractivity contribution is -0.119. The van der Waals surface area contributed by atoms with Crippen molar-refractivity contribution in [2.24, 2.45) is 0 Å². The van der Waals surface area contributed by atoms with Gasteiger partial charge in [-0.15, -0.1) is 0 Å². The van der Waals surface area contributed by atoms with Gasteiger partial charge in [-0.25, -0.2) is 0 Å². The molecule has 1 aromatic carbocycles. The molecule has 0 spiro atoms. The highest BCUT2D eigenvalue weighted by atomic mass is 35.5. The molecule has 0 radical (unpaired) electrons. The van der Waals surface area contributed by atoms with Crippen molar-refractivity contribution in [1.29, 1.82) is 0 Å². The molecule has 0 bridgehead atoms. The summed E-state index contributed by atoms with van der Waals surface area (Å²) >= 11 is 11.3. The van der Waals surface area contributed by atoms with Crippen molar-refractivity contribution < 1.29 is 4.79 Å². The number of benzene rings is 1. The van der Waals surface area contributed by atoms with Gasteiger partial charge < -0.3 is 14.9 Å². The highest BCUT2D eigenvalue weighted by Gasteiger charge is 2.21. The molecule has 2 aromatic rings. The first kappa shape index (κ1) is 11.7. The van der Waals surface area contributed by atoms with Gasteiger partial charge in [0.15, 0.2) is 4.77 Å². The van der Waals surface area contributed by atoms with E-state index in [4.69, 9.17) is 23.8 Å². The Morgan fingerprint density at radius 2 is 2.33 bits per heavy atom. The van der Waals surface area contributed by atoms with E-state index in [9.17, 15) is 4.79 Å². The van der Waals surface area contributed by atoms with Gasteiger partial charge in [-0.3, -0.25) is 4.79 Å². The summed E-state index contributed by atoms with van der Waals surface area (Å²) in [5, 5.41) is 3.63. The SMILES string of the molecule is O=C1CCC(Cn2c(=S)[nH]c3cc(Cl)ccc32)N1. The van der Waals surface area contributed by atoms with Gasteiger partial charge in [0.2, 0.25) is 5.91 Å². The molecule has 1 aromatic heterocycles. The monoisotopic (exact) mass is 281 g/mol. The maximum atomic E-state index is 11.2. The highest BCUT2D eigenvalue weighted by Crippen LogP contribution is 2.20. The Hall–Kier alpha value is -1.33. The molecule has 1 aliphatic rings. The number of hydrogen-bond donors (Lipinski definition) is 2. The van der Waals surface area contributed by atoms with E-state index in [-0.39, 0.29) is 11.9 Å². The molecule has 1 unspecified atom stereocenters. The Kier molecular flexibility index (Phi) is 2.87. The van der Waals surface area contributed by atoms with Crippen LogP contribution in [0.2, 0.25) is 5.02 Å². The van der Waals surface area contributed by atoms with Crippen molar-refractivity contribution >= 4 is 40.8 Å². The van der Waals surface area contributed by atoms with E-state index in [1.54, 1.807) is 0 Å². The minimum Gasteiger partial charge on any atom is -0.352 e. The lowest BCUT2D eigenvalue weighted by atomic mass is 10.2. The summed E-state index contributed by atoms with van der Waals surface area (Å²) in [6, 6.07) is 5.81. The number of nitrogens with one attached hydrogen (secondary N) is 2. The number of aromatic amines is 1. The molecule has 0 aliphatic carbocycles. The third kappa shape index (κ3) is 2.04. The van der Waals surface area contributed by atoms with E-state index in [0.717, 1.165) is 17.5 Å². The number of fused-ring (bicyclic) bond motifs is 1. The minimum atomic E-state index is 0.120. The number of hydrogen-bond acceptors (Lipinski definition) is 2. The average Bonchev–Trinajstić information content (AvgIpc) is 2.84. The first-order valence-corrected chi connectivity index (χ1v) is 6.59. The van der Waals surface area contributed by atoms with Crippen molar-refractivity contribution in [3.8, 4) is 0 Å². The molecule has 1 atom stereocenters. The Morgan fingerprint density at radius 1 is 1.50 bits per heavy atom. The van der Waals surface area contributed by atoms with Crippen LogP contribution >= 0.6 is 23.8 Å². The maximum Gasteiger partial charge on any atom is 0.220 e. The van der Waals surface area contributed by atoms with Gasteiger partial charge in [-0.1, -0.05) is 11.6 Å². The zero-order valence-corrected chi connectivity index (χ0v) is 11.1. The number of H-pyrrole nitrogens is 1. The maximum absolute atomic E-state index is 11.2. The van der Waals surface area contributed by atoms with E-state index in [2.05, 4.69) is 10.3 Å². The lowest BCUT2D eigenvalue weighted by Crippen LogP contribution is -2.29. The molecule has 2 N–H and O–H groups in total. The van der Waals surface area contributed by atoms with Crippen LogP contribution in [0.3, 0.4) is 0 Å². The zero-order chi connectivity index (χ0) is 12.7. The van der Waals surface area contributed by atoms with Crippen LogP contribution in [0.25, 0.3) is 11.0 Å². The average molecular weight is 282 g/mol. The fourth-order valence-corrected chi connectivity index (χ4v) is 2.81. The van der Waals surface area contributed by atoms with Gasteiger partial charge in [0.25, 0.3) is 0 Å². The molecule has 3 rings (SSSR count). The number of imidazole rings is 1. The first-order valence-electron chi connectivity index (χ1n) is 5.81. The summed E-state index contributed by atoms with van der Waals surface area (Å²) in [5.41, 5.74) is 1.95. The van der Waals surface area contributed by atoms with Crippen LogP contribution in [0, 0.1) is 4.77 Å². The topological polar surface area (TPSA) is 49.8 Å². The molecule has 1 fully saturated rings. The molecular weight excluding hydrogens is 270 g/mol. The Morgan fingerprint density at radius 3 is 3.06 bits per heavy atom. The van der Waals surface area contributed by atoms with Crippen LogP contribution in [-0.2, 0) is 11.3 Å². The number of rotatable bonds is 2. The number of nitrogens with zero attached hydrogens (tertiary/aromatic N) is 1. The zero-order valence-electron chi connectivity index (χ0n) is 9.57. The molecule has 6 heteroatoms. The Balaban J connectivity index is 1.98. The van der Waals surface area contributed by atoms with Crippen LogP contribution in [0.1, 0.15) is 12.8 Å². The van der Waals surface area contributed by atoms with Crippen molar-refractivity contribution in [2.45, 2.75) is 25.4 Å². The number of halogens is 1. The summed E-state index contributed by atoms with van der Waals surface area (Å²) in [7, 11) is 0. The molecule has 2 heterocycles. The van der Waals surface area contributed by atoms with Crippen LogP contribution in [0.15, 0.2) is 18.2 Å². The summed E-state index contributed by atoms with van der Waals surface area (Å²) in [6.07, 6.45) is 1.47. The minimum absolute atomic E-state index is 0.120. The molecule has 4 nitrogen and oxygen atoms in total. The van der Waals surface area contributed by atoms with Gasteiger partial charge >= 0.3 is 0 Å². The fraction of sp³-hybridized carbons (Fsp3) is 0.333. The van der Waals surface area contributed by atoms with Crippen LogP contribution in [-0.4, -0.2) is 21.5 Å². The van der Waals surface area contributed by atoms with Gasteiger partial charge in [0, 0.05) is 24.0 Å². The Labute approximate surface area is 114 Å². The second kappa shape index (κ2) is 4.40. The Bertz CT molecular complexity index is 676. The third-order valence-electron chi connectivity index (χ3n) is 3.22. The number of amides is 1. The quantitative estimate of drug-likeness (QED) is 0.832. The van der Waals surface area contributed by atoms with E-state index in [1.807, 2.05) is 22.8 Å². The van der Waals surface area contributed by atoms with E-state index >= 15 is 0 Å². The van der Waals surface area contributed by atoms with Crippen molar-refractivity contribution in [2.75, 3.05) is 0 Å². The molecule has 94 valence electrons. The van der Waals surface area contributed by atoms with Crippen molar-refractivity contribution in [3.63, 3.8) is 0 Å². The molecular formula is C12H12ClN3OS. The highest BCUT2D eigenvalue weighted by molar-refractivity contribution is 7.71. The molecule has 1 saturated heterocycles.